The van der Waals surface area contributed by atoms with E-state index in [4.69, 9.17) is 9.47 Å². The Labute approximate surface area is 176 Å². The van der Waals surface area contributed by atoms with Gasteiger partial charge in [0.2, 0.25) is 0 Å². The molecule has 5 rings (SSSR count). The zero-order valence-corrected chi connectivity index (χ0v) is 17.0. The minimum atomic E-state index is -0.491. The highest BCUT2D eigenvalue weighted by Crippen LogP contribution is 2.26. The molecule has 1 unspecified atom stereocenters. The lowest BCUT2D eigenvalue weighted by Gasteiger charge is -2.47. The fraction of sp³-hybridized carbons (Fsp3) is 0.435. The number of benzene rings is 2. The Bertz CT molecular complexity index is 966. The van der Waals surface area contributed by atoms with Gasteiger partial charge in [0.1, 0.15) is 18.5 Å². The number of morpholine rings is 1. The maximum atomic E-state index is 10.4. The predicted molar refractivity (Wildman–Crippen MR) is 116 cm³/mol. The van der Waals surface area contributed by atoms with E-state index in [0.717, 1.165) is 67.0 Å². The Morgan fingerprint density at radius 3 is 2.70 bits per heavy atom. The second-order valence-electron chi connectivity index (χ2n) is 8.20. The summed E-state index contributed by atoms with van der Waals surface area (Å²) in [5.74, 6) is 0.785. The molecule has 3 aromatic rings. The monoisotopic (exact) mass is 408 g/mol. The van der Waals surface area contributed by atoms with E-state index in [1.54, 1.807) is 0 Å². The summed E-state index contributed by atoms with van der Waals surface area (Å²) < 4.78 is 11.3. The van der Waals surface area contributed by atoms with Crippen molar-refractivity contribution in [2.45, 2.75) is 12.1 Å². The average Bonchev–Trinajstić information content (AvgIpc) is 3.29. The Morgan fingerprint density at radius 2 is 1.90 bits per heavy atom. The topological polar surface area (TPSA) is 73.9 Å². The molecule has 3 heterocycles. The lowest BCUT2D eigenvalue weighted by Crippen LogP contribution is -2.62. The average molecular weight is 409 g/mol. The number of nitrogens with one attached hydrogen (secondary N) is 1. The first-order valence-corrected chi connectivity index (χ1v) is 10.6. The van der Waals surface area contributed by atoms with E-state index in [0.29, 0.717) is 19.2 Å². The molecule has 30 heavy (non-hydrogen) atoms. The van der Waals surface area contributed by atoms with E-state index in [1.165, 1.54) is 0 Å². The largest absolute Gasteiger partial charge is 0.491 e. The van der Waals surface area contributed by atoms with Crippen molar-refractivity contribution in [1.82, 2.24) is 20.0 Å². The Morgan fingerprint density at radius 1 is 1.10 bits per heavy atom. The molecule has 2 aromatic carbocycles. The van der Waals surface area contributed by atoms with Crippen LogP contribution in [0.15, 0.2) is 48.8 Å². The Balaban J connectivity index is 1.11. The summed E-state index contributed by atoms with van der Waals surface area (Å²) in [6.07, 6.45) is 3.22. The fourth-order valence-corrected chi connectivity index (χ4v) is 4.31. The first-order chi connectivity index (χ1) is 14.7. The first-order valence-electron chi connectivity index (χ1n) is 10.6. The molecule has 0 saturated carbocycles. The second kappa shape index (κ2) is 8.73. The number of hydrogen-bond acceptors (Lipinski definition) is 6. The fourth-order valence-electron chi connectivity index (χ4n) is 4.31. The summed E-state index contributed by atoms with van der Waals surface area (Å²) in [6, 6.07) is 13.0. The summed E-state index contributed by atoms with van der Waals surface area (Å²) >= 11 is 0. The van der Waals surface area contributed by atoms with E-state index < -0.39 is 6.10 Å². The molecule has 0 amide bonds. The zero-order chi connectivity index (χ0) is 20.3. The quantitative estimate of drug-likeness (QED) is 0.623. The van der Waals surface area contributed by atoms with Gasteiger partial charge in [0.15, 0.2) is 0 Å². The van der Waals surface area contributed by atoms with Crippen molar-refractivity contribution in [3.05, 3.63) is 48.8 Å². The number of aromatic nitrogens is 2. The van der Waals surface area contributed by atoms with Crippen molar-refractivity contribution in [3.8, 4) is 16.9 Å². The molecule has 0 spiro atoms. The molecule has 2 fully saturated rings. The number of β-amino-alcohol motifs (C(OH)–C–C–N with tert-alkyl or cyclic N) is 1. The van der Waals surface area contributed by atoms with Crippen LogP contribution in [0.3, 0.4) is 0 Å². The minimum absolute atomic E-state index is 0.303. The molecule has 2 saturated heterocycles. The molecular formula is C23H28N4O3. The van der Waals surface area contributed by atoms with Crippen molar-refractivity contribution in [2.75, 3.05) is 52.5 Å². The normalized spacial score (nSPS) is 19.6. The number of rotatable bonds is 7. The van der Waals surface area contributed by atoms with Crippen molar-refractivity contribution in [2.24, 2.45) is 0 Å². The van der Waals surface area contributed by atoms with Gasteiger partial charge >= 0.3 is 0 Å². The van der Waals surface area contributed by atoms with Crippen LogP contribution < -0.4 is 4.74 Å². The SMILES string of the molecule is OC(COc1ccc2cc(-c3cn[nH]c3)ccc2c1)CN1CC(N2CCOCC2)C1. The summed E-state index contributed by atoms with van der Waals surface area (Å²) in [5, 5.41) is 19.5. The van der Waals surface area contributed by atoms with Crippen LogP contribution in [0.25, 0.3) is 21.9 Å². The van der Waals surface area contributed by atoms with E-state index in [-0.39, 0.29) is 0 Å². The Kier molecular flexibility index (Phi) is 5.68. The van der Waals surface area contributed by atoms with Gasteiger partial charge in [-0.1, -0.05) is 18.2 Å². The van der Waals surface area contributed by atoms with E-state index >= 15 is 0 Å². The number of H-pyrrole nitrogens is 1. The predicted octanol–water partition coefficient (Wildman–Crippen LogP) is 1.99. The highest BCUT2D eigenvalue weighted by Gasteiger charge is 2.33. The second-order valence-corrected chi connectivity index (χ2v) is 8.20. The molecule has 0 radical (unpaired) electrons. The van der Waals surface area contributed by atoms with Crippen LogP contribution in [-0.4, -0.2) is 89.8 Å². The standard InChI is InChI=1S/C23H28N4O3/c28-22(15-26-13-21(14-26)27-5-7-29-8-6-27)16-30-23-4-3-17-9-18(1-2-19(17)10-23)20-11-24-25-12-20/h1-4,9-12,21-22,28H,5-8,13-16H2,(H,24,25). The summed E-state index contributed by atoms with van der Waals surface area (Å²) in [5.41, 5.74) is 2.20. The van der Waals surface area contributed by atoms with Gasteiger partial charge in [-0.05, 0) is 34.5 Å². The number of ether oxygens (including phenoxy) is 2. The molecule has 0 bridgehead atoms. The molecule has 158 valence electrons. The summed E-state index contributed by atoms with van der Waals surface area (Å²) in [7, 11) is 0. The Hall–Kier alpha value is -2.45. The molecule has 7 heteroatoms. The number of likely N-dealkylation sites (tertiary alicyclic amines) is 1. The molecule has 7 nitrogen and oxygen atoms in total. The molecule has 1 atom stereocenters. The van der Waals surface area contributed by atoms with Crippen LogP contribution >= 0.6 is 0 Å². The van der Waals surface area contributed by atoms with Gasteiger partial charge in [-0.25, -0.2) is 0 Å². The van der Waals surface area contributed by atoms with Gasteiger partial charge in [-0.15, -0.1) is 0 Å². The van der Waals surface area contributed by atoms with E-state index in [2.05, 4.69) is 44.3 Å². The third kappa shape index (κ3) is 4.34. The van der Waals surface area contributed by atoms with Crippen LogP contribution in [0.5, 0.6) is 5.75 Å². The molecule has 2 aliphatic rings. The molecule has 0 aliphatic carbocycles. The van der Waals surface area contributed by atoms with Crippen molar-refractivity contribution >= 4 is 10.8 Å². The first kappa shape index (κ1) is 19.5. The van der Waals surface area contributed by atoms with Gasteiger partial charge in [-0.3, -0.25) is 14.9 Å². The molecular weight excluding hydrogens is 380 g/mol. The maximum absolute atomic E-state index is 10.4. The van der Waals surface area contributed by atoms with Crippen molar-refractivity contribution < 1.29 is 14.6 Å². The lowest BCUT2D eigenvalue weighted by atomic mass is 10.0. The van der Waals surface area contributed by atoms with Crippen LogP contribution in [0, 0.1) is 0 Å². The lowest BCUT2D eigenvalue weighted by molar-refractivity contribution is -0.0461. The molecule has 1 aromatic heterocycles. The number of fused-ring (bicyclic) bond motifs is 1. The minimum Gasteiger partial charge on any atom is -0.491 e. The highest BCUT2D eigenvalue weighted by molar-refractivity contribution is 5.88. The maximum Gasteiger partial charge on any atom is 0.120 e. The number of hydrogen-bond donors (Lipinski definition) is 2. The number of aliphatic hydroxyl groups is 1. The van der Waals surface area contributed by atoms with E-state index in [9.17, 15) is 5.11 Å². The summed E-state index contributed by atoms with van der Waals surface area (Å²) in [6.45, 7) is 6.72. The van der Waals surface area contributed by atoms with Gasteiger partial charge in [-0.2, -0.15) is 5.10 Å². The smallest absolute Gasteiger partial charge is 0.120 e. The third-order valence-electron chi connectivity index (χ3n) is 6.05. The van der Waals surface area contributed by atoms with Gasteiger partial charge in [0.05, 0.1) is 19.4 Å². The number of nitrogens with zero attached hydrogens (tertiary/aromatic N) is 3. The van der Waals surface area contributed by atoms with Crippen molar-refractivity contribution in [3.63, 3.8) is 0 Å². The van der Waals surface area contributed by atoms with Crippen LogP contribution in [0.1, 0.15) is 0 Å². The van der Waals surface area contributed by atoms with Crippen LogP contribution in [-0.2, 0) is 4.74 Å². The van der Waals surface area contributed by atoms with Crippen LogP contribution in [0.4, 0.5) is 0 Å². The van der Waals surface area contributed by atoms with Crippen molar-refractivity contribution in [1.29, 1.82) is 0 Å². The van der Waals surface area contributed by atoms with Gasteiger partial charge in [0, 0.05) is 50.5 Å². The van der Waals surface area contributed by atoms with E-state index in [1.807, 2.05) is 24.5 Å². The van der Waals surface area contributed by atoms with Crippen LogP contribution in [0.2, 0.25) is 0 Å². The summed E-state index contributed by atoms with van der Waals surface area (Å²) in [4.78, 5) is 4.79. The van der Waals surface area contributed by atoms with Gasteiger partial charge in [0.25, 0.3) is 0 Å². The molecule has 2 N–H and O–H groups in total. The third-order valence-corrected chi connectivity index (χ3v) is 6.05. The molecule has 2 aliphatic heterocycles. The van der Waals surface area contributed by atoms with Gasteiger partial charge < -0.3 is 14.6 Å². The zero-order valence-electron chi connectivity index (χ0n) is 17.0. The highest BCUT2D eigenvalue weighted by atomic mass is 16.5. The number of aromatic amines is 1. The number of aliphatic hydroxyl groups excluding tert-OH is 1.